The molecular formula is C19H20ClFN2O2. The molecule has 3 rings (SSSR count). The highest BCUT2D eigenvalue weighted by Crippen LogP contribution is 2.25. The molecule has 0 saturated carbocycles. The highest BCUT2D eigenvalue weighted by Gasteiger charge is 2.27. The molecule has 0 aliphatic carbocycles. The van der Waals surface area contributed by atoms with Crippen LogP contribution in [0.4, 0.5) is 4.39 Å². The summed E-state index contributed by atoms with van der Waals surface area (Å²) in [4.78, 5) is 14.5. The number of carbonyl (C=O) groups is 1. The predicted octanol–water partition coefficient (Wildman–Crippen LogP) is 3.42. The number of para-hydroxylation sites is 1. The van der Waals surface area contributed by atoms with Crippen LogP contribution in [0.15, 0.2) is 48.5 Å². The molecule has 0 bridgehead atoms. The smallest absolute Gasteiger partial charge is 0.226 e. The van der Waals surface area contributed by atoms with Crippen LogP contribution >= 0.6 is 11.6 Å². The second-order valence-electron chi connectivity index (χ2n) is 5.89. The maximum Gasteiger partial charge on any atom is 0.226 e. The van der Waals surface area contributed by atoms with Gasteiger partial charge in [0.25, 0.3) is 0 Å². The van der Waals surface area contributed by atoms with Gasteiger partial charge in [-0.2, -0.15) is 0 Å². The molecule has 2 aromatic carbocycles. The molecule has 132 valence electrons. The third-order valence-corrected chi connectivity index (χ3v) is 4.44. The van der Waals surface area contributed by atoms with E-state index in [1.807, 2.05) is 29.2 Å². The Morgan fingerprint density at radius 2 is 2.12 bits per heavy atom. The van der Waals surface area contributed by atoms with Crippen molar-refractivity contribution in [1.29, 1.82) is 0 Å². The van der Waals surface area contributed by atoms with E-state index in [4.69, 9.17) is 16.3 Å². The van der Waals surface area contributed by atoms with Gasteiger partial charge < -0.3 is 15.0 Å². The standard InChI is InChI=1S/C19H20ClFN2O2/c20-15-5-3-4-14(12-15)17-13-22-9-10-23(17)19(24)8-11-25-18-7-2-1-6-16(18)21/h1-7,12,17,22H,8-11,13H2. The fraction of sp³-hybridized carbons (Fsp3) is 0.316. The normalized spacial score (nSPS) is 17.4. The van der Waals surface area contributed by atoms with Crippen molar-refractivity contribution in [1.82, 2.24) is 10.2 Å². The Kier molecular flexibility index (Phi) is 5.89. The van der Waals surface area contributed by atoms with Crippen molar-refractivity contribution in [2.24, 2.45) is 0 Å². The van der Waals surface area contributed by atoms with Crippen molar-refractivity contribution in [2.45, 2.75) is 12.5 Å². The summed E-state index contributed by atoms with van der Waals surface area (Å²) in [7, 11) is 0. The first-order valence-electron chi connectivity index (χ1n) is 8.28. The number of ether oxygens (including phenoxy) is 1. The summed E-state index contributed by atoms with van der Waals surface area (Å²) in [5.74, 6) is -0.265. The Morgan fingerprint density at radius 3 is 2.92 bits per heavy atom. The monoisotopic (exact) mass is 362 g/mol. The highest BCUT2D eigenvalue weighted by molar-refractivity contribution is 6.30. The molecule has 1 atom stereocenters. The molecule has 6 heteroatoms. The van der Waals surface area contributed by atoms with Crippen LogP contribution in [0.25, 0.3) is 0 Å². The molecule has 1 fully saturated rings. The van der Waals surface area contributed by atoms with E-state index in [0.29, 0.717) is 18.1 Å². The van der Waals surface area contributed by atoms with Crippen molar-refractivity contribution in [3.63, 3.8) is 0 Å². The van der Waals surface area contributed by atoms with E-state index in [1.165, 1.54) is 6.07 Å². The summed E-state index contributed by atoms with van der Waals surface area (Å²) in [6, 6.07) is 13.7. The number of piperazine rings is 1. The Hall–Kier alpha value is -2.11. The maximum atomic E-state index is 13.5. The van der Waals surface area contributed by atoms with Crippen molar-refractivity contribution in [3.8, 4) is 5.75 Å². The number of amides is 1. The molecule has 1 heterocycles. The molecule has 1 unspecified atom stereocenters. The number of nitrogens with one attached hydrogen (secondary N) is 1. The van der Waals surface area contributed by atoms with Gasteiger partial charge in [-0.1, -0.05) is 35.9 Å². The first-order chi connectivity index (χ1) is 12.1. The lowest BCUT2D eigenvalue weighted by atomic mass is 10.0. The molecule has 25 heavy (non-hydrogen) atoms. The number of hydrogen-bond acceptors (Lipinski definition) is 3. The molecule has 4 nitrogen and oxygen atoms in total. The van der Waals surface area contributed by atoms with Gasteiger partial charge in [-0.05, 0) is 29.8 Å². The summed E-state index contributed by atoms with van der Waals surface area (Å²) in [6.07, 6.45) is 0.200. The topological polar surface area (TPSA) is 41.6 Å². The number of carbonyl (C=O) groups excluding carboxylic acids is 1. The van der Waals surface area contributed by atoms with E-state index in [2.05, 4.69) is 5.32 Å². The number of hydrogen-bond donors (Lipinski definition) is 1. The third-order valence-electron chi connectivity index (χ3n) is 4.21. The first-order valence-corrected chi connectivity index (χ1v) is 8.66. The van der Waals surface area contributed by atoms with E-state index in [1.54, 1.807) is 18.2 Å². The Bertz CT molecular complexity index is 741. The Morgan fingerprint density at radius 1 is 1.28 bits per heavy atom. The minimum atomic E-state index is -0.422. The van der Waals surface area contributed by atoms with Crippen LogP contribution in [0.2, 0.25) is 5.02 Å². The number of halogens is 2. The van der Waals surface area contributed by atoms with Gasteiger partial charge >= 0.3 is 0 Å². The van der Waals surface area contributed by atoms with Gasteiger partial charge in [-0.3, -0.25) is 4.79 Å². The highest BCUT2D eigenvalue weighted by atomic mass is 35.5. The lowest BCUT2D eigenvalue weighted by Crippen LogP contribution is -2.49. The van der Waals surface area contributed by atoms with Crippen LogP contribution < -0.4 is 10.1 Å². The van der Waals surface area contributed by atoms with Crippen LogP contribution in [0.5, 0.6) is 5.75 Å². The van der Waals surface area contributed by atoms with Crippen molar-refractivity contribution >= 4 is 17.5 Å². The third kappa shape index (κ3) is 4.50. The van der Waals surface area contributed by atoms with Crippen molar-refractivity contribution in [3.05, 3.63) is 64.9 Å². The van der Waals surface area contributed by atoms with Crippen molar-refractivity contribution < 1.29 is 13.9 Å². The summed E-state index contributed by atoms with van der Waals surface area (Å²) in [5, 5.41) is 3.96. The zero-order valence-corrected chi connectivity index (χ0v) is 14.5. The minimum Gasteiger partial charge on any atom is -0.490 e. The minimum absolute atomic E-state index is 0.0113. The molecule has 1 N–H and O–H groups in total. The molecule has 1 aliphatic rings. The number of nitrogens with zero attached hydrogens (tertiary/aromatic N) is 1. The number of benzene rings is 2. The molecular weight excluding hydrogens is 343 g/mol. The maximum absolute atomic E-state index is 13.5. The van der Waals surface area contributed by atoms with Gasteiger partial charge in [0, 0.05) is 24.7 Å². The second kappa shape index (κ2) is 8.32. The predicted molar refractivity (Wildman–Crippen MR) is 95.3 cm³/mol. The van der Waals surface area contributed by atoms with E-state index in [9.17, 15) is 9.18 Å². The molecule has 1 aliphatic heterocycles. The van der Waals surface area contributed by atoms with E-state index >= 15 is 0 Å². The summed E-state index contributed by atoms with van der Waals surface area (Å²) < 4.78 is 18.9. The molecule has 1 saturated heterocycles. The molecule has 2 aromatic rings. The molecule has 0 aromatic heterocycles. The fourth-order valence-electron chi connectivity index (χ4n) is 2.97. The van der Waals surface area contributed by atoms with Gasteiger partial charge in [0.2, 0.25) is 5.91 Å². The quantitative estimate of drug-likeness (QED) is 0.886. The van der Waals surface area contributed by atoms with Crippen LogP contribution in [0.1, 0.15) is 18.0 Å². The largest absolute Gasteiger partial charge is 0.490 e. The SMILES string of the molecule is O=C(CCOc1ccccc1F)N1CCNCC1c1cccc(Cl)c1. The van der Waals surface area contributed by atoms with Crippen LogP contribution in [-0.2, 0) is 4.79 Å². The Balaban J connectivity index is 1.62. The van der Waals surface area contributed by atoms with Crippen LogP contribution in [0, 0.1) is 5.82 Å². The molecule has 1 amide bonds. The molecule has 0 spiro atoms. The Labute approximate surface area is 151 Å². The average molecular weight is 363 g/mol. The van der Waals surface area contributed by atoms with Gasteiger partial charge in [-0.15, -0.1) is 0 Å². The zero-order chi connectivity index (χ0) is 17.6. The summed E-state index contributed by atoms with van der Waals surface area (Å²) in [5.41, 5.74) is 1.00. The van der Waals surface area contributed by atoms with E-state index in [0.717, 1.165) is 12.1 Å². The lowest BCUT2D eigenvalue weighted by molar-refractivity contribution is -0.135. The fourth-order valence-corrected chi connectivity index (χ4v) is 3.17. The zero-order valence-electron chi connectivity index (χ0n) is 13.8. The second-order valence-corrected chi connectivity index (χ2v) is 6.33. The van der Waals surface area contributed by atoms with E-state index in [-0.39, 0.29) is 30.7 Å². The van der Waals surface area contributed by atoms with Crippen LogP contribution in [-0.4, -0.2) is 37.0 Å². The van der Waals surface area contributed by atoms with Gasteiger partial charge in [-0.25, -0.2) is 4.39 Å². The van der Waals surface area contributed by atoms with Crippen LogP contribution in [0.3, 0.4) is 0 Å². The average Bonchev–Trinajstić information content (AvgIpc) is 2.63. The van der Waals surface area contributed by atoms with Gasteiger partial charge in [0.05, 0.1) is 19.1 Å². The van der Waals surface area contributed by atoms with E-state index < -0.39 is 5.82 Å². The summed E-state index contributed by atoms with van der Waals surface area (Å²) >= 11 is 6.08. The van der Waals surface area contributed by atoms with Gasteiger partial charge in [0.1, 0.15) is 0 Å². The van der Waals surface area contributed by atoms with Gasteiger partial charge in [0.15, 0.2) is 11.6 Å². The first kappa shape index (κ1) is 17.7. The molecule has 0 radical (unpaired) electrons. The summed E-state index contributed by atoms with van der Waals surface area (Å²) in [6.45, 7) is 2.19. The lowest BCUT2D eigenvalue weighted by Gasteiger charge is -2.36. The number of rotatable bonds is 5. The van der Waals surface area contributed by atoms with Crippen molar-refractivity contribution in [2.75, 3.05) is 26.2 Å².